The maximum Gasteiger partial charge on any atom is 0.161 e. The number of hydrogen-bond acceptors (Lipinski definition) is 3. The summed E-state index contributed by atoms with van der Waals surface area (Å²) in [5.74, 6) is 0. The highest BCUT2D eigenvalue weighted by molar-refractivity contribution is 6.32. The van der Waals surface area contributed by atoms with Gasteiger partial charge in [0.1, 0.15) is 0 Å². The lowest BCUT2D eigenvalue weighted by atomic mass is 9.90. The fourth-order valence-electron chi connectivity index (χ4n) is 3.71. The van der Waals surface area contributed by atoms with Gasteiger partial charge in [-0.1, -0.05) is 78.0 Å². The maximum absolute atomic E-state index is 3.38. The van der Waals surface area contributed by atoms with E-state index >= 15 is 0 Å². The SMILES string of the molecule is c1cc2cccc3c4cccc5cccc(c(c1)c23)c54.c1nn[nH]n1. The van der Waals surface area contributed by atoms with E-state index < -0.39 is 0 Å². The van der Waals surface area contributed by atoms with Crippen LogP contribution in [0.3, 0.4) is 0 Å². The van der Waals surface area contributed by atoms with Crippen LogP contribution in [0.4, 0.5) is 0 Å². The van der Waals surface area contributed by atoms with E-state index in [-0.39, 0.29) is 0 Å². The van der Waals surface area contributed by atoms with Crippen LogP contribution in [0.25, 0.3) is 43.1 Å². The molecule has 0 bridgehead atoms. The topological polar surface area (TPSA) is 54.5 Å². The van der Waals surface area contributed by atoms with Crippen molar-refractivity contribution in [3.63, 3.8) is 0 Å². The quantitative estimate of drug-likeness (QED) is 0.318. The largest absolute Gasteiger partial charge is 0.177 e. The average molecular weight is 322 g/mol. The molecule has 25 heavy (non-hydrogen) atoms. The molecule has 0 aliphatic carbocycles. The van der Waals surface area contributed by atoms with Crippen LogP contribution in [0.15, 0.2) is 79.1 Å². The van der Waals surface area contributed by atoms with E-state index in [4.69, 9.17) is 0 Å². The van der Waals surface area contributed by atoms with Crippen molar-refractivity contribution in [2.24, 2.45) is 0 Å². The summed E-state index contributed by atoms with van der Waals surface area (Å²) in [6.45, 7) is 0. The van der Waals surface area contributed by atoms with Gasteiger partial charge in [0.25, 0.3) is 0 Å². The molecule has 0 fully saturated rings. The summed E-state index contributed by atoms with van der Waals surface area (Å²) in [6.07, 6.45) is 1.33. The summed E-state index contributed by atoms with van der Waals surface area (Å²) in [7, 11) is 0. The zero-order chi connectivity index (χ0) is 16.6. The van der Waals surface area contributed by atoms with Crippen molar-refractivity contribution >= 4 is 43.1 Å². The van der Waals surface area contributed by atoms with E-state index in [1.54, 1.807) is 0 Å². The van der Waals surface area contributed by atoms with Crippen LogP contribution in [-0.2, 0) is 0 Å². The second-order valence-corrected chi connectivity index (χ2v) is 5.98. The van der Waals surface area contributed by atoms with Crippen molar-refractivity contribution in [2.75, 3.05) is 0 Å². The molecule has 4 heteroatoms. The summed E-state index contributed by atoms with van der Waals surface area (Å²) in [6, 6.07) is 26.4. The van der Waals surface area contributed by atoms with E-state index in [0.717, 1.165) is 0 Å². The molecule has 6 aromatic rings. The van der Waals surface area contributed by atoms with Crippen LogP contribution in [0.2, 0.25) is 0 Å². The van der Waals surface area contributed by atoms with Gasteiger partial charge in [0.2, 0.25) is 0 Å². The summed E-state index contributed by atoms with van der Waals surface area (Å²) in [4.78, 5) is 0. The lowest BCUT2D eigenvalue weighted by Gasteiger charge is -2.13. The molecule has 1 N–H and O–H groups in total. The number of H-pyrrole nitrogens is 1. The fourth-order valence-corrected chi connectivity index (χ4v) is 3.71. The van der Waals surface area contributed by atoms with E-state index in [0.29, 0.717) is 0 Å². The van der Waals surface area contributed by atoms with E-state index in [2.05, 4.69) is 93.4 Å². The van der Waals surface area contributed by atoms with Crippen molar-refractivity contribution in [2.45, 2.75) is 0 Å². The van der Waals surface area contributed by atoms with Crippen LogP contribution in [0.1, 0.15) is 0 Å². The second-order valence-electron chi connectivity index (χ2n) is 5.98. The minimum atomic E-state index is 1.33. The van der Waals surface area contributed by atoms with Gasteiger partial charge in [0.05, 0.1) is 0 Å². The smallest absolute Gasteiger partial charge is 0.161 e. The van der Waals surface area contributed by atoms with Gasteiger partial charge in [-0.25, -0.2) is 0 Å². The first-order valence-corrected chi connectivity index (χ1v) is 8.14. The minimum Gasteiger partial charge on any atom is -0.177 e. The Labute approximate surface area is 143 Å². The fraction of sp³-hybridized carbons (Fsp3) is 0. The van der Waals surface area contributed by atoms with Crippen molar-refractivity contribution in [1.29, 1.82) is 0 Å². The normalized spacial score (nSPS) is 11.2. The van der Waals surface area contributed by atoms with Gasteiger partial charge in [-0.3, -0.25) is 0 Å². The van der Waals surface area contributed by atoms with Crippen LogP contribution >= 0.6 is 0 Å². The number of aromatic amines is 1. The first-order chi connectivity index (χ1) is 12.4. The molecular formula is C21H14N4. The van der Waals surface area contributed by atoms with Gasteiger partial charge >= 0.3 is 0 Å². The molecule has 0 spiro atoms. The molecule has 6 rings (SSSR count). The minimum absolute atomic E-state index is 1.33. The zero-order valence-electron chi connectivity index (χ0n) is 13.3. The van der Waals surface area contributed by atoms with Crippen LogP contribution in [-0.4, -0.2) is 20.6 Å². The molecule has 0 saturated heterocycles. The highest BCUT2D eigenvalue weighted by atomic mass is 15.5. The number of hydrogen-bond donors (Lipinski definition) is 1. The molecule has 1 heterocycles. The standard InChI is InChI=1S/C20H12.CH2N4/c1-5-13-6-2-11-17-18-12-4-8-14-7-3-10-16(20(14)18)15(9-1)19(13)17;1-2-4-5-3-1/h1-12H;1H,(H,2,3,4,5). The Morgan fingerprint density at radius 3 is 1.28 bits per heavy atom. The van der Waals surface area contributed by atoms with Gasteiger partial charge in [-0.2, -0.15) is 5.21 Å². The lowest BCUT2D eigenvalue weighted by molar-refractivity contribution is 0.881. The van der Waals surface area contributed by atoms with E-state index in [9.17, 15) is 0 Å². The molecule has 0 saturated carbocycles. The molecule has 0 unspecified atom stereocenters. The molecule has 4 nitrogen and oxygen atoms in total. The highest BCUT2D eigenvalue weighted by Crippen LogP contribution is 2.39. The molecule has 0 amide bonds. The van der Waals surface area contributed by atoms with Crippen molar-refractivity contribution < 1.29 is 0 Å². The van der Waals surface area contributed by atoms with Crippen LogP contribution in [0.5, 0.6) is 0 Å². The third-order valence-electron chi connectivity index (χ3n) is 4.66. The molecule has 5 aromatic carbocycles. The molecule has 0 aliphatic heterocycles. The number of rotatable bonds is 0. The van der Waals surface area contributed by atoms with Gasteiger partial charge in [-0.05, 0) is 43.1 Å². The number of tetrazole rings is 1. The number of fused-ring (bicyclic) bond motifs is 2. The molecule has 0 radical (unpaired) electrons. The first-order valence-electron chi connectivity index (χ1n) is 8.14. The van der Waals surface area contributed by atoms with Crippen molar-refractivity contribution in [3.8, 4) is 0 Å². The number of aromatic nitrogens is 4. The number of nitrogens with one attached hydrogen (secondary N) is 1. The van der Waals surface area contributed by atoms with Crippen molar-refractivity contribution in [1.82, 2.24) is 20.6 Å². The highest BCUT2D eigenvalue weighted by Gasteiger charge is 2.11. The Kier molecular flexibility index (Phi) is 3.07. The van der Waals surface area contributed by atoms with Gasteiger partial charge in [0, 0.05) is 0 Å². The lowest BCUT2D eigenvalue weighted by Crippen LogP contribution is -1.85. The summed E-state index contributed by atoms with van der Waals surface area (Å²) < 4.78 is 0. The molecule has 0 aliphatic rings. The Morgan fingerprint density at radius 1 is 0.560 bits per heavy atom. The molecule has 1 aromatic heterocycles. The summed E-state index contributed by atoms with van der Waals surface area (Å²) >= 11 is 0. The Morgan fingerprint density at radius 2 is 1.00 bits per heavy atom. The molecule has 0 atom stereocenters. The Hall–Kier alpha value is -3.53. The maximum atomic E-state index is 3.38. The van der Waals surface area contributed by atoms with E-state index in [1.807, 2.05) is 0 Å². The van der Waals surface area contributed by atoms with Gasteiger partial charge < -0.3 is 0 Å². The predicted octanol–water partition coefficient (Wildman–Crippen LogP) is 4.94. The zero-order valence-corrected chi connectivity index (χ0v) is 13.3. The predicted molar refractivity (Wildman–Crippen MR) is 102 cm³/mol. The summed E-state index contributed by atoms with van der Waals surface area (Å²) in [5, 5.41) is 23.1. The first kappa shape index (κ1) is 13.9. The van der Waals surface area contributed by atoms with Crippen molar-refractivity contribution in [3.05, 3.63) is 79.1 Å². The monoisotopic (exact) mass is 322 g/mol. The Balaban J connectivity index is 0.000000244. The van der Waals surface area contributed by atoms with E-state index in [1.165, 1.54) is 49.4 Å². The number of benzene rings is 5. The van der Waals surface area contributed by atoms with Gasteiger partial charge in [-0.15, -0.1) is 10.2 Å². The summed E-state index contributed by atoms with van der Waals surface area (Å²) in [5.41, 5.74) is 0. The third kappa shape index (κ3) is 2.11. The third-order valence-corrected chi connectivity index (χ3v) is 4.66. The molecule has 118 valence electrons. The molecular weight excluding hydrogens is 308 g/mol. The van der Waals surface area contributed by atoms with Crippen LogP contribution < -0.4 is 0 Å². The van der Waals surface area contributed by atoms with Crippen LogP contribution in [0, 0.1) is 0 Å². The van der Waals surface area contributed by atoms with Gasteiger partial charge in [0.15, 0.2) is 6.33 Å². The average Bonchev–Trinajstić information content (AvgIpc) is 3.26. The Bertz CT molecular complexity index is 1100. The number of nitrogens with zero attached hydrogens (tertiary/aromatic N) is 3. The second kappa shape index (κ2) is 5.53.